The Balaban J connectivity index is 2.63. The third kappa shape index (κ3) is 1.80. The Morgan fingerprint density at radius 3 is 3.15 bits per heavy atom. The van der Waals surface area contributed by atoms with Crippen LogP contribution in [0.1, 0.15) is 6.85 Å². The summed E-state index contributed by atoms with van der Waals surface area (Å²) >= 11 is 3.29. The summed E-state index contributed by atoms with van der Waals surface area (Å²) in [5, 5.41) is 3.61. The van der Waals surface area contributed by atoms with Gasteiger partial charge in [-0.15, -0.1) is 0 Å². The molecule has 0 amide bonds. The smallest absolute Gasteiger partial charge is 0.0866 e. The largest absolute Gasteiger partial charge is 0.275 e. The van der Waals surface area contributed by atoms with Gasteiger partial charge in [-0.3, -0.25) is 4.68 Å². The van der Waals surface area contributed by atoms with E-state index >= 15 is 0 Å². The van der Waals surface area contributed by atoms with E-state index in [1.165, 1.54) is 0 Å². The standard InChI is InChI=1S/C10H9BrN2/c1-13-7-9(6-12-13)8-3-2-4-10(11)5-8/h2-7H,1H3/i1D3,6D,7D. The molecule has 0 aliphatic rings. The maximum atomic E-state index is 7.84. The molecule has 0 saturated heterocycles. The molecule has 3 heteroatoms. The molecule has 13 heavy (non-hydrogen) atoms. The molecule has 0 saturated carbocycles. The summed E-state index contributed by atoms with van der Waals surface area (Å²) in [5.74, 6) is 0. The number of nitrogens with zero attached hydrogens (tertiary/aromatic N) is 2. The second-order valence-electron chi connectivity index (χ2n) is 2.52. The van der Waals surface area contributed by atoms with E-state index in [0.29, 0.717) is 10.2 Å². The first-order valence-corrected chi connectivity index (χ1v) is 4.42. The zero-order valence-corrected chi connectivity index (χ0v) is 8.17. The fourth-order valence-corrected chi connectivity index (χ4v) is 1.43. The maximum Gasteiger partial charge on any atom is 0.0866 e. The average Bonchev–Trinajstić information content (AvgIpc) is 2.54. The highest BCUT2D eigenvalue weighted by molar-refractivity contribution is 9.10. The summed E-state index contributed by atoms with van der Waals surface area (Å²) in [5.41, 5.74) is 0.808. The van der Waals surface area contributed by atoms with Gasteiger partial charge in [-0.25, -0.2) is 0 Å². The lowest BCUT2D eigenvalue weighted by molar-refractivity contribution is 0.768. The van der Waals surface area contributed by atoms with Gasteiger partial charge in [0.15, 0.2) is 0 Å². The Kier molecular flexibility index (Phi) is 1.14. The number of hydrogen-bond donors (Lipinski definition) is 0. The minimum atomic E-state index is -2.54. The van der Waals surface area contributed by atoms with E-state index in [0.717, 1.165) is 4.47 Å². The van der Waals surface area contributed by atoms with Gasteiger partial charge in [0.25, 0.3) is 0 Å². The zero-order chi connectivity index (χ0) is 13.5. The van der Waals surface area contributed by atoms with Crippen molar-refractivity contribution < 1.29 is 6.85 Å². The van der Waals surface area contributed by atoms with E-state index in [4.69, 9.17) is 6.85 Å². The molecule has 0 atom stereocenters. The molecule has 1 aromatic heterocycles. The van der Waals surface area contributed by atoms with Crippen LogP contribution in [-0.4, -0.2) is 9.78 Å². The summed E-state index contributed by atoms with van der Waals surface area (Å²) in [6.45, 7) is -2.54. The Morgan fingerprint density at radius 2 is 2.46 bits per heavy atom. The van der Waals surface area contributed by atoms with E-state index < -0.39 is 6.98 Å². The normalized spacial score (nSPS) is 16.8. The lowest BCUT2D eigenvalue weighted by Gasteiger charge is -1.96. The summed E-state index contributed by atoms with van der Waals surface area (Å²) in [4.78, 5) is 0. The molecule has 0 radical (unpaired) electrons. The molecular formula is C10H9BrN2. The first-order valence-electron chi connectivity index (χ1n) is 6.13. The molecule has 1 heterocycles. The first-order chi connectivity index (χ1) is 8.30. The first kappa shape index (κ1) is 4.42. The van der Waals surface area contributed by atoms with E-state index in [9.17, 15) is 0 Å². The van der Waals surface area contributed by atoms with Crippen LogP contribution in [0.2, 0.25) is 0 Å². The third-order valence-electron chi connectivity index (χ3n) is 1.59. The van der Waals surface area contributed by atoms with Crippen molar-refractivity contribution in [2.24, 2.45) is 6.98 Å². The van der Waals surface area contributed by atoms with Crippen LogP contribution in [0.3, 0.4) is 0 Å². The van der Waals surface area contributed by atoms with E-state index in [2.05, 4.69) is 21.0 Å². The molecule has 2 rings (SSSR count). The van der Waals surface area contributed by atoms with Crippen LogP contribution in [0.25, 0.3) is 11.1 Å². The fourth-order valence-electron chi connectivity index (χ4n) is 1.03. The van der Waals surface area contributed by atoms with Crippen LogP contribution >= 0.6 is 15.9 Å². The molecule has 0 bridgehead atoms. The van der Waals surface area contributed by atoms with Gasteiger partial charge in [-0.05, 0) is 17.7 Å². The summed E-state index contributed by atoms with van der Waals surface area (Å²) in [6.07, 6.45) is -0.493. The molecular weight excluding hydrogens is 228 g/mol. The molecule has 0 N–H and O–H groups in total. The zero-order valence-electron chi connectivity index (χ0n) is 11.6. The molecule has 0 unspecified atom stereocenters. The lowest BCUT2D eigenvalue weighted by atomic mass is 10.1. The maximum absolute atomic E-state index is 7.84. The van der Waals surface area contributed by atoms with Crippen LogP contribution in [0.5, 0.6) is 0 Å². The van der Waals surface area contributed by atoms with Crippen LogP contribution in [0.4, 0.5) is 0 Å². The lowest BCUT2D eigenvalue weighted by Crippen LogP contribution is -1.84. The van der Waals surface area contributed by atoms with Crippen molar-refractivity contribution in [1.82, 2.24) is 9.78 Å². The van der Waals surface area contributed by atoms with Crippen LogP contribution in [0.15, 0.2) is 41.1 Å². The van der Waals surface area contributed by atoms with Gasteiger partial charge >= 0.3 is 0 Å². The topological polar surface area (TPSA) is 17.8 Å². The Hall–Kier alpha value is -1.09. The predicted molar refractivity (Wildman–Crippen MR) is 56.3 cm³/mol. The Labute approximate surface area is 92.4 Å². The quantitative estimate of drug-likeness (QED) is 0.751. The third-order valence-corrected chi connectivity index (χ3v) is 2.09. The van der Waals surface area contributed by atoms with Gasteiger partial charge < -0.3 is 0 Å². The predicted octanol–water partition coefficient (Wildman–Crippen LogP) is 2.85. The van der Waals surface area contributed by atoms with E-state index in [-0.39, 0.29) is 17.9 Å². The van der Waals surface area contributed by atoms with Crippen molar-refractivity contribution in [3.63, 3.8) is 0 Å². The van der Waals surface area contributed by atoms with Gasteiger partial charge in [-0.2, -0.15) is 5.10 Å². The average molecular weight is 242 g/mol. The highest BCUT2D eigenvalue weighted by atomic mass is 79.9. The number of benzene rings is 1. The van der Waals surface area contributed by atoms with Crippen molar-refractivity contribution >= 4 is 15.9 Å². The summed E-state index contributed by atoms with van der Waals surface area (Å²) in [7, 11) is 0. The van der Waals surface area contributed by atoms with Crippen LogP contribution < -0.4 is 0 Å². The molecule has 0 aliphatic carbocycles. The van der Waals surface area contributed by atoms with Gasteiger partial charge in [0.05, 0.1) is 8.91 Å². The minimum absolute atomic E-state index is 0.214. The van der Waals surface area contributed by atoms with Crippen LogP contribution in [-0.2, 0) is 6.98 Å². The van der Waals surface area contributed by atoms with Gasteiger partial charge in [-0.1, -0.05) is 28.1 Å². The van der Waals surface area contributed by atoms with Gasteiger partial charge in [0.1, 0.15) is 0 Å². The van der Waals surface area contributed by atoms with Gasteiger partial charge in [0, 0.05) is 27.3 Å². The highest BCUT2D eigenvalue weighted by Gasteiger charge is 1.99. The number of aryl methyl sites for hydroxylation is 1. The monoisotopic (exact) mass is 241 g/mol. The van der Waals surface area contributed by atoms with Crippen molar-refractivity contribution in [2.75, 3.05) is 0 Å². The van der Waals surface area contributed by atoms with E-state index in [1.54, 1.807) is 18.2 Å². The molecule has 0 aliphatic heterocycles. The molecule has 66 valence electrons. The second kappa shape index (κ2) is 3.34. The molecule has 0 fully saturated rings. The number of rotatable bonds is 1. The van der Waals surface area contributed by atoms with Crippen LogP contribution in [0, 0.1) is 0 Å². The van der Waals surface area contributed by atoms with Crippen molar-refractivity contribution in [1.29, 1.82) is 0 Å². The number of halogens is 1. The number of aromatic nitrogens is 2. The molecule has 1 aromatic carbocycles. The molecule has 0 spiro atoms. The summed E-state index contributed by atoms with van der Waals surface area (Å²) in [6, 6.07) is 6.99. The molecule has 2 aromatic rings. The highest BCUT2D eigenvalue weighted by Crippen LogP contribution is 2.21. The van der Waals surface area contributed by atoms with Gasteiger partial charge in [0.2, 0.25) is 0 Å². The second-order valence-corrected chi connectivity index (χ2v) is 3.44. The van der Waals surface area contributed by atoms with Crippen molar-refractivity contribution in [3.8, 4) is 11.1 Å². The SMILES string of the molecule is [2H]c1nn(C([2H])([2H])[2H])c([2H])c1-c1cccc(Br)c1. The Morgan fingerprint density at radius 1 is 1.54 bits per heavy atom. The van der Waals surface area contributed by atoms with Crippen molar-refractivity contribution in [3.05, 3.63) is 41.1 Å². The summed E-state index contributed by atoms with van der Waals surface area (Å²) < 4.78 is 38.7. The number of hydrogen-bond acceptors (Lipinski definition) is 1. The minimum Gasteiger partial charge on any atom is -0.275 e. The molecule has 2 nitrogen and oxygen atoms in total. The Bertz CT molecular complexity index is 590. The van der Waals surface area contributed by atoms with Crippen molar-refractivity contribution in [2.45, 2.75) is 0 Å². The van der Waals surface area contributed by atoms with E-state index in [1.807, 2.05) is 6.07 Å². The fraction of sp³-hybridized carbons (Fsp3) is 0.100.